The van der Waals surface area contributed by atoms with Crippen LogP contribution in [0.2, 0.25) is 45.8 Å². The van der Waals surface area contributed by atoms with Crippen molar-refractivity contribution < 1.29 is 4.43 Å². The third-order valence-corrected chi connectivity index (χ3v) is 103. The predicted molar refractivity (Wildman–Crippen MR) is 80.3 cm³/mol. The fourth-order valence-electron chi connectivity index (χ4n) is 3.36. The molecule has 5 heteroatoms. The number of rotatable bonds is 3. The van der Waals surface area contributed by atoms with Crippen LogP contribution in [0.5, 0.6) is 0 Å². The van der Waals surface area contributed by atoms with Gasteiger partial charge in [0.25, 0.3) is 0 Å². The van der Waals surface area contributed by atoms with Crippen LogP contribution in [-0.4, -0.2) is 35.3 Å². The maximum Gasteiger partial charge on any atom is 0.160 e. The molecule has 1 saturated heterocycles. The molecule has 0 amide bonds. The molecule has 0 unspecified atom stereocenters. The van der Waals surface area contributed by atoms with Crippen molar-refractivity contribution in [1.82, 2.24) is 0 Å². The predicted octanol–water partition coefficient (Wildman–Crippen LogP) is 3.44. The van der Waals surface area contributed by atoms with E-state index in [9.17, 15) is 0 Å². The Labute approximate surface area is 98.9 Å². The van der Waals surface area contributed by atoms with Gasteiger partial charge in [-0.25, -0.2) is 0 Å². The van der Waals surface area contributed by atoms with Crippen LogP contribution in [0.25, 0.3) is 0 Å². The van der Waals surface area contributed by atoms with E-state index >= 15 is 0 Å². The molecule has 0 radical (unpaired) electrons. The van der Waals surface area contributed by atoms with E-state index < -0.39 is 28.7 Å². The van der Waals surface area contributed by atoms with E-state index in [0.717, 1.165) is 6.61 Å². The van der Waals surface area contributed by atoms with Gasteiger partial charge in [0, 0.05) is 13.7 Å². The van der Waals surface area contributed by atoms with Gasteiger partial charge in [0.15, 0.2) is 7.35 Å². The molecule has 1 aliphatic heterocycles. The molecule has 0 aromatic heterocycles. The summed E-state index contributed by atoms with van der Waals surface area (Å²) >= 11 is 0. The lowest BCUT2D eigenvalue weighted by Crippen LogP contribution is -3.02. The molecule has 0 atom stereocenters. The van der Waals surface area contributed by atoms with Crippen LogP contribution in [0, 0.1) is 0 Å². The molecule has 1 fully saturated rings. The van der Waals surface area contributed by atoms with Crippen LogP contribution in [0.15, 0.2) is 0 Å². The van der Waals surface area contributed by atoms with Crippen molar-refractivity contribution in [2.45, 2.75) is 59.2 Å². The Morgan fingerprint density at radius 1 is 0.733 bits per heavy atom. The molecule has 0 N–H and O–H groups in total. The monoisotopic (exact) mass is 276 g/mol. The van der Waals surface area contributed by atoms with Gasteiger partial charge >= 0.3 is 0 Å². The second-order valence-electron chi connectivity index (χ2n) is 6.76. The maximum atomic E-state index is 6.48. The Kier molecular flexibility index (Phi) is 3.39. The van der Waals surface area contributed by atoms with Gasteiger partial charge in [-0.3, -0.25) is 0 Å². The average molecular weight is 277 g/mol. The van der Waals surface area contributed by atoms with Crippen LogP contribution < -0.4 is 0 Å². The molecular weight excluding hydrogens is 248 g/mol. The first-order valence-corrected chi connectivity index (χ1v) is 21.6. The minimum absolute atomic E-state index is 0.877. The SMILES string of the molecule is CCCO[Si]1(C)[Si](C)(C)[Si](C)(C)[Si]1(C)C. The lowest BCUT2D eigenvalue weighted by Gasteiger charge is -2.71. The maximum absolute atomic E-state index is 6.48. The highest BCUT2D eigenvalue weighted by Crippen LogP contribution is 2.51. The zero-order chi connectivity index (χ0) is 12.1. The first-order chi connectivity index (χ1) is 6.56. The van der Waals surface area contributed by atoms with Crippen LogP contribution in [0.4, 0.5) is 0 Å². The molecular formula is C10H28OSi4. The molecule has 1 rings (SSSR count). The summed E-state index contributed by atoms with van der Waals surface area (Å²) in [7, 11) is -4.12. The van der Waals surface area contributed by atoms with Crippen molar-refractivity contribution in [3.05, 3.63) is 0 Å². The Balaban J connectivity index is 3.00. The van der Waals surface area contributed by atoms with Crippen LogP contribution in [0.3, 0.4) is 0 Å². The molecule has 0 saturated carbocycles. The second kappa shape index (κ2) is 3.66. The van der Waals surface area contributed by atoms with E-state index in [-0.39, 0.29) is 0 Å². The summed E-state index contributed by atoms with van der Waals surface area (Å²) < 4.78 is 6.48. The van der Waals surface area contributed by atoms with Gasteiger partial charge in [-0.2, -0.15) is 0 Å². The molecule has 0 bridgehead atoms. The summed E-state index contributed by atoms with van der Waals surface area (Å²) in [6.07, 6.45) is 1.19. The molecule has 1 nitrogen and oxygen atoms in total. The van der Waals surface area contributed by atoms with E-state index in [1.54, 1.807) is 0 Å². The molecule has 90 valence electrons. The topological polar surface area (TPSA) is 9.23 Å². The highest BCUT2D eigenvalue weighted by atomic mass is 30.2. The Morgan fingerprint density at radius 2 is 1.13 bits per heavy atom. The van der Waals surface area contributed by atoms with Gasteiger partial charge in [0.2, 0.25) is 0 Å². The summed E-state index contributed by atoms with van der Waals surface area (Å²) in [6.45, 7) is 21.7. The summed E-state index contributed by atoms with van der Waals surface area (Å²) in [5.41, 5.74) is 0. The lowest BCUT2D eigenvalue weighted by molar-refractivity contribution is 0.324. The van der Waals surface area contributed by atoms with E-state index in [0.29, 0.717) is 0 Å². The molecule has 0 aromatic rings. The van der Waals surface area contributed by atoms with Gasteiger partial charge in [-0.1, -0.05) is 52.8 Å². The minimum atomic E-state index is -1.27. The van der Waals surface area contributed by atoms with E-state index in [1.165, 1.54) is 6.42 Å². The molecule has 0 spiro atoms. The highest BCUT2D eigenvalue weighted by molar-refractivity contribution is 8.12. The van der Waals surface area contributed by atoms with E-state index in [2.05, 4.69) is 52.8 Å². The summed E-state index contributed by atoms with van der Waals surface area (Å²) in [5, 5.41) is 0. The third kappa shape index (κ3) is 1.39. The molecule has 1 heterocycles. The van der Waals surface area contributed by atoms with Crippen molar-refractivity contribution in [3.8, 4) is 0 Å². The average Bonchev–Trinajstić information content (AvgIpc) is 2.12. The first-order valence-electron chi connectivity index (χ1n) is 6.20. The smallest absolute Gasteiger partial charge is 0.160 e. The van der Waals surface area contributed by atoms with Gasteiger partial charge < -0.3 is 4.43 Å². The first kappa shape index (κ1) is 13.9. The lowest BCUT2D eigenvalue weighted by atomic mass is 10.5. The zero-order valence-electron chi connectivity index (χ0n) is 11.8. The van der Waals surface area contributed by atoms with E-state index in [1.807, 2.05) is 0 Å². The number of hydrogen-bond acceptors (Lipinski definition) is 1. The normalized spacial score (nSPS) is 29.6. The fourth-order valence-corrected chi connectivity index (χ4v) is 132. The Morgan fingerprint density at radius 3 is 1.47 bits per heavy atom. The molecule has 0 aromatic carbocycles. The Bertz CT molecular complexity index is 242. The van der Waals surface area contributed by atoms with Gasteiger partial charge in [0.05, 0.1) is 14.2 Å². The highest BCUT2D eigenvalue weighted by Gasteiger charge is 2.79. The van der Waals surface area contributed by atoms with Crippen molar-refractivity contribution >= 4 is 28.7 Å². The quantitative estimate of drug-likeness (QED) is 0.718. The van der Waals surface area contributed by atoms with Gasteiger partial charge in [0.1, 0.15) is 0 Å². The van der Waals surface area contributed by atoms with Crippen molar-refractivity contribution in [3.63, 3.8) is 0 Å². The molecule has 15 heavy (non-hydrogen) atoms. The summed E-state index contributed by atoms with van der Waals surface area (Å²) in [4.78, 5) is 0. The second-order valence-corrected chi connectivity index (χ2v) is 53.1. The van der Waals surface area contributed by atoms with Crippen LogP contribution in [0.1, 0.15) is 13.3 Å². The van der Waals surface area contributed by atoms with E-state index in [4.69, 9.17) is 4.43 Å². The van der Waals surface area contributed by atoms with Gasteiger partial charge in [-0.15, -0.1) is 0 Å². The fraction of sp³-hybridized carbons (Fsp3) is 1.00. The van der Waals surface area contributed by atoms with Crippen molar-refractivity contribution in [2.24, 2.45) is 0 Å². The van der Waals surface area contributed by atoms with Crippen LogP contribution in [-0.2, 0) is 4.43 Å². The zero-order valence-corrected chi connectivity index (χ0v) is 15.8. The third-order valence-electron chi connectivity index (χ3n) is 6.11. The largest absolute Gasteiger partial charge is 0.424 e. The van der Waals surface area contributed by atoms with Gasteiger partial charge in [-0.05, 0) is 6.42 Å². The van der Waals surface area contributed by atoms with Crippen molar-refractivity contribution in [1.29, 1.82) is 0 Å². The van der Waals surface area contributed by atoms with Crippen LogP contribution >= 0.6 is 0 Å². The summed E-state index contributed by atoms with van der Waals surface area (Å²) in [6, 6.07) is 0. The minimum Gasteiger partial charge on any atom is -0.424 e. The standard InChI is InChI=1S/C10H28OSi4/c1-9-10-11-15(8)13(4,5)12(2,3)14(15,6)7/h9-10H2,1-8H3. The van der Waals surface area contributed by atoms with Crippen molar-refractivity contribution in [2.75, 3.05) is 6.61 Å². The molecule has 0 aliphatic carbocycles. The molecule has 1 aliphatic rings. The summed E-state index contributed by atoms with van der Waals surface area (Å²) in [5.74, 6) is 0. The Hall–Kier alpha value is 0.828. The number of hydrogen-bond donors (Lipinski definition) is 0.